The Bertz CT molecular complexity index is 532. The van der Waals surface area contributed by atoms with Crippen molar-refractivity contribution in [2.45, 2.75) is 13.5 Å². The number of thiazole rings is 1. The Balaban J connectivity index is 2.27. The smallest absolute Gasteiger partial charge is 0.195 e. The number of hydrogen-bond acceptors (Lipinski definition) is 6. The molecule has 0 radical (unpaired) electrons. The minimum Gasteiger partial charge on any atom is -0.383 e. The monoisotopic (exact) mass is 312 g/mol. The van der Waals surface area contributed by atoms with Crippen LogP contribution in [-0.2, 0) is 16.0 Å². The van der Waals surface area contributed by atoms with Gasteiger partial charge >= 0.3 is 0 Å². The summed E-state index contributed by atoms with van der Waals surface area (Å²) in [6.45, 7) is 6.82. The molecule has 0 spiro atoms. The van der Waals surface area contributed by atoms with Gasteiger partial charge in [0.05, 0.1) is 18.9 Å². The third-order valence-corrected chi connectivity index (χ3v) is 4.07. The average Bonchev–Trinajstić information content (AvgIpc) is 3.07. The van der Waals surface area contributed by atoms with Crippen molar-refractivity contribution in [1.82, 2.24) is 14.7 Å². The summed E-state index contributed by atoms with van der Waals surface area (Å²) in [4.78, 5) is 8.05. The number of anilines is 1. The van der Waals surface area contributed by atoms with Crippen molar-refractivity contribution in [2.75, 3.05) is 52.0 Å². The van der Waals surface area contributed by atoms with Crippen molar-refractivity contribution >= 4 is 22.1 Å². The van der Waals surface area contributed by atoms with Crippen molar-refractivity contribution in [1.29, 1.82) is 0 Å². The highest BCUT2D eigenvalue weighted by Gasteiger charge is 2.18. The summed E-state index contributed by atoms with van der Waals surface area (Å²) < 4.78 is 12.6. The minimum absolute atomic E-state index is 0.676. The Morgan fingerprint density at radius 3 is 2.62 bits per heavy atom. The number of ether oxygens (including phenoxy) is 2. The topological polar surface area (TPSA) is 51.0 Å². The predicted molar refractivity (Wildman–Crippen MR) is 86.4 cm³/mol. The fraction of sp³-hybridized carbons (Fsp3) is 0.643. The van der Waals surface area contributed by atoms with E-state index in [1.165, 1.54) is 5.69 Å². The number of imidazole rings is 1. The van der Waals surface area contributed by atoms with Crippen molar-refractivity contribution in [2.24, 2.45) is 0 Å². The van der Waals surface area contributed by atoms with E-state index in [1.807, 2.05) is 0 Å². The standard InChI is InChI=1S/C14H24N4O2S/c1-4-15-11-12-13(16-14-18(12)7-10-21-14)17(5-8-19-2)6-9-20-3/h7,10,15H,4-6,8-9,11H2,1-3H3. The van der Waals surface area contributed by atoms with Crippen molar-refractivity contribution < 1.29 is 9.47 Å². The first-order chi connectivity index (χ1) is 10.3. The lowest BCUT2D eigenvalue weighted by molar-refractivity contribution is 0.190. The van der Waals surface area contributed by atoms with E-state index in [0.717, 1.165) is 37.0 Å². The summed E-state index contributed by atoms with van der Waals surface area (Å²) in [6, 6.07) is 0. The molecule has 7 heteroatoms. The van der Waals surface area contributed by atoms with Gasteiger partial charge in [-0.3, -0.25) is 4.40 Å². The van der Waals surface area contributed by atoms with E-state index in [9.17, 15) is 0 Å². The molecule has 2 rings (SSSR count). The number of nitrogens with zero attached hydrogens (tertiary/aromatic N) is 3. The van der Waals surface area contributed by atoms with Gasteiger partial charge in [-0.05, 0) is 6.54 Å². The van der Waals surface area contributed by atoms with Gasteiger partial charge in [0.2, 0.25) is 0 Å². The fourth-order valence-corrected chi connectivity index (χ4v) is 2.94. The predicted octanol–water partition coefficient (Wildman–Crippen LogP) is 1.60. The molecule has 1 N–H and O–H groups in total. The van der Waals surface area contributed by atoms with E-state index >= 15 is 0 Å². The number of aromatic nitrogens is 2. The average molecular weight is 312 g/mol. The molecule has 0 amide bonds. The van der Waals surface area contributed by atoms with E-state index in [1.54, 1.807) is 25.6 Å². The Kier molecular flexibility index (Phi) is 6.44. The summed E-state index contributed by atoms with van der Waals surface area (Å²) in [7, 11) is 3.44. The molecule has 0 aliphatic carbocycles. The van der Waals surface area contributed by atoms with Crippen LogP contribution < -0.4 is 10.2 Å². The van der Waals surface area contributed by atoms with Crippen LogP contribution in [0.15, 0.2) is 11.6 Å². The maximum absolute atomic E-state index is 5.22. The zero-order valence-electron chi connectivity index (χ0n) is 13.0. The van der Waals surface area contributed by atoms with Gasteiger partial charge in [0.15, 0.2) is 10.8 Å². The van der Waals surface area contributed by atoms with Gasteiger partial charge in [0, 0.05) is 45.4 Å². The molecule has 118 valence electrons. The molecule has 0 aromatic carbocycles. The van der Waals surface area contributed by atoms with Gasteiger partial charge in [0.1, 0.15) is 0 Å². The summed E-state index contributed by atoms with van der Waals surface area (Å²) in [6.07, 6.45) is 2.08. The first-order valence-electron chi connectivity index (χ1n) is 7.19. The highest BCUT2D eigenvalue weighted by atomic mass is 32.1. The van der Waals surface area contributed by atoms with Gasteiger partial charge < -0.3 is 19.7 Å². The zero-order chi connectivity index (χ0) is 15.1. The quantitative estimate of drug-likeness (QED) is 0.722. The van der Waals surface area contributed by atoms with Crippen LogP contribution in [0.3, 0.4) is 0 Å². The lowest BCUT2D eigenvalue weighted by Crippen LogP contribution is -2.32. The molecule has 0 unspecified atom stereocenters. The molecule has 0 fully saturated rings. The lowest BCUT2D eigenvalue weighted by atomic mass is 10.3. The number of fused-ring (bicyclic) bond motifs is 1. The normalized spacial score (nSPS) is 11.4. The number of methoxy groups -OCH3 is 2. The summed E-state index contributed by atoms with van der Waals surface area (Å²) in [5, 5.41) is 5.46. The largest absolute Gasteiger partial charge is 0.383 e. The molecule has 0 saturated heterocycles. The van der Waals surface area contributed by atoms with Gasteiger partial charge in [-0.15, -0.1) is 11.3 Å². The van der Waals surface area contributed by atoms with Gasteiger partial charge in [0.25, 0.3) is 0 Å². The maximum Gasteiger partial charge on any atom is 0.195 e. The van der Waals surface area contributed by atoms with Crippen molar-refractivity contribution in [3.05, 3.63) is 17.3 Å². The van der Waals surface area contributed by atoms with Crippen LogP contribution in [0.5, 0.6) is 0 Å². The molecule has 2 aromatic rings. The number of rotatable bonds is 10. The molecule has 21 heavy (non-hydrogen) atoms. The van der Waals surface area contributed by atoms with Crippen LogP contribution in [0.25, 0.3) is 4.96 Å². The molecular weight excluding hydrogens is 288 g/mol. The van der Waals surface area contributed by atoms with E-state index in [4.69, 9.17) is 14.5 Å². The lowest BCUT2D eigenvalue weighted by Gasteiger charge is -2.23. The highest BCUT2D eigenvalue weighted by Crippen LogP contribution is 2.24. The van der Waals surface area contributed by atoms with Crippen molar-refractivity contribution in [3.8, 4) is 0 Å². The molecular formula is C14H24N4O2S. The van der Waals surface area contributed by atoms with Gasteiger partial charge in [-0.2, -0.15) is 0 Å². The Labute approximate surface area is 129 Å². The van der Waals surface area contributed by atoms with E-state index in [-0.39, 0.29) is 0 Å². The molecule has 0 saturated carbocycles. The van der Waals surface area contributed by atoms with Gasteiger partial charge in [-0.25, -0.2) is 4.98 Å². The first-order valence-corrected chi connectivity index (χ1v) is 8.07. The molecule has 6 nitrogen and oxygen atoms in total. The molecule has 0 bridgehead atoms. The SMILES string of the molecule is CCNCc1c(N(CCOC)CCOC)nc2sccn12. The Morgan fingerprint density at radius 1 is 1.29 bits per heavy atom. The zero-order valence-corrected chi connectivity index (χ0v) is 13.8. The van der Waals surface area contributed by atoms with E-state index < -0.39 is 0 Å². The maximum atomic E-state index is 5.22. The second-order valence-corrected chi connectivity index (χ2v) is 5.56. The Morgan fingerprint density at radius 2 is 2.00 bits per heavy atom. The van der Waals surface area contributed by atoms with E-state index in [0.29, 0.717) is 13.2 Å². The molecule has 0 atom stereocenters. The molecule has 2 aromatic heterocycles. The van der Waals surface area contributed by atoms with Crippen LogP contribution >= 0.6 is 11.3 Å². The summed E-state index contributed by atoms with van der Waals surface area (Å²) in [5.74, 6) is 1.02. The minimum atomic E-state index is 0.676. The number of hydrogen-bond donors (Lipinski definition) is 1. The number of nitrogens with one attached hydrogen (secondary N) is 1. The molecule has 0 aliphatic rings. The third kappa shape index (κ3) is 3.94. The Hall–Kier alpha value is -1.15. The summed E-state index contributed by atoms with van der Waals surface area (Å²) in [5.41, 5.74) is 1.19. The fourth-order valence-electron chi connectivity index (χ4n) is 2.21. The highest BCUT2D eigenvalue weighted by molar-refractivity contribution is 7.15. The molecule has 2 heterocycles. The van der Waals surface area contributed by atoms with Crippen LogP contribution in [0.4, 0.5) is 5.82 Å². The summed E-state index contributed by atoms with van der Waals surface area (Å²) >= 11 is 1.66. The van der Waals surface area contributed by atoms with Gasteiger partial charge in [-0.1, -0.05) is 6.92 Å². The second kappa shape index (κ2) is 8.33. The van der Waals surface area contributed by atoms with Crippen LogP contribution in [-0.4, -0.2) is 56.5 Å². The third-order valence-electron chi connectivity index (χ3n) is 3.31. The molecule has 0 aliphatic heterocycles. The van der Waals surface area contributed by atoms with E-state index in [2.05, 4.69) is 33.1 Å². The first kappa shape index (κ1) is 16.2. The second-order valence-electron chi connectivity index (χ2n) is 4.69. The van der Waals surface area contributed by atoms with Crippen LogP contribution in [0.1, 0.15) is 12.6 Å². The van der Waals surface area contributed by atoms with Crippen molar-refractivity contribution in [3.63, 3.8) is 0 Å². The van der Waals surface area contributed by atoms with Crippen LogP contribution in [0.2, 0.25) is 0 Å². The van der Waals surface area contributed by atoms with Crippen LogP contribution in [0, 0.1) is 0 Å².